The zero-order valence-corrected chi connectivity index (χ0v) is 17.0. The zero-order chi connectivity index (χ0) is 22.1. The van der Waals surface area contributed by atoms with Gasteiger partial charge in [-0.3, -0.25) is 4.79 Å². The summed E-state index contributed by atoms with van der Waals surface area (Å²) in [7, 11) is 0. The SMILES string of the molecule is O=C(N[C@@H](c1cccc(Cl)n1)C1(O)CCC(F)CC1)c1cc(C(F)(F)F)ccc1Cl. The number of carbonyl (C=O) groups excluding carboxylic acids is 1. The maximum atomic E-state index is 13.6. The summed E-state index contributed by atoms with van der Waals surface area (Å²) >= 11 is 11.9. The van der Waals surface area contributed by atoms with Gasteiger partial charge in [0.25, 0.3) is 5.91 Å². The Morgan fingerprint density at radius 1 is 1.20 bits per heavy atom. The van der Waals surface area contributed by atoms with Gasteiger partial charge in [-0.25, -0.2) is 9.37 Å². The van der Waals surface area contributed by atoms with Crippen LogP contribution in [0.3, 0.4) is 0 Å². The van der Waals surface area contributed by atoms with E-state index in [9.17, 15) is 27.5 Å². The highest BCUT2D eigenvalue weighted by molar-refractivity contribution is 6.33. The van der Waals surface area contributed by atoms with Gasteiger partial charge < -0.3 is 10.4 Å². The molecule has 1 fully saturated rings. The van der Waals surface area contributed by atoms with Crippen LogP contribution in [0.4, 0.5) is 17.6 Å². The molecule has 30 heavy (non-hydrogen) atoms. The first-order valence-electron chi connectivity index (χ1n) is 9.16. The minimum Gasteiger partial charge on any atom is -0.387 e. The molecule has 1 aromatic carbocycles. The number of pyridine rings is 1. The molecule has 1 aliphatic carbocycles. The molecule has 1 saturated carbocycles. The van der Waals surface area contributed by atoms with Crippen molar-refractivity contribution in [3.8, 4) is 0 Å². The van der Waals surface area contributed by atoms with E-state index in [1.807, 2.05) is 0 Å². The number of carbonyl (C=O) groups is 1. The van der Waals surface area contributed by atoms with Gasteiger partial charge in [-0.1, -0.05) is 29.3 Å². The normalized spacial score (nSPS) is 23.1. The fourth-order valence-electron chi connectivity index (χ4n) is 3.52. The predicted molar refractivity (Wildman–Crippen MR) is 104 cm³/mol. The average molecular weight is 465 g/mol. The van der Waals surface area contributed by atoms with Crippen LogP contribution in [0.15, 0.2) is 36.4 Å². The fourth-order valence-corrected chi connectivity index (χ4v) is 3.90. The molecule has 10 heteroatoms. The van der Waals surface area contributed by atoms with Gasteiger partial charge in [0, 0.05) is 0 Å². The summed E-state index contributed by atoms with van der Waals surface area (Å²) in [6, 6.07) is 5.84. The minimum atomic E-state index is -4.66. The number of hydrogen-bond donors (Lipinski definition) is 2. The summed E-state index contributed by atoms with van der Waals surface area (Å²) in [4.78, 5) is 17.0. The van der Waals surface area contributed by atoms with Gasteiger partial charge in [0.2, 0.25) is 0 Å². The zero-order valence-electron chi connectivity index (χ0n) is 15.5. The highest BCUT2D eigenvalue weighted by Gasteiger charge is 2.43. The highest BCUT2D eigenvalue weighted by atomic mass is 35.5. The van der Waals surface area contributed by atoms with Crippen molar-refractivity contribution < 1.29 is 27.5 Å². The van der Waals surface area contributed by atoms with E-state index >= 15 is 0 Å². The maximum absolute atomic E-state index is 13.6. The first-order valence-corrected chi connectivity index (χ1v) is 9.92. The molecule has 1 aromatic heterocycles. The van der Waals surface area contributed by atoms with E-state index in [1.54, 1.807) is 6.07 Å². The van der Waals surface area contributed by atoms with E-state index in [4.69, 9.17) is 23.2 Å². The third-order valence-corrected chi connectivity index (χ3v) is 5.70. The average Bonchev–Trinajstić information content (AvgIpc) is 2.67. The third-order valence-electron chi connectivity index (χ3n) is 5.16. The molecule has 2 aromatic rings. The van der Waals surface area contributed by atoms with Crippen molar-refractivity contribution in [2.24, 2.45) is 0 Å². The summed E-state index contributed by atoms with van der Waals surface area (Å²) in [5, 5.41) is 13.6. The van der Waals surface area contributed by atoms with Crippen molar-refractivity contribution in [2.75, 3.05) is 0 Å². The largest absolute Gasteiger partial charge is 0.416 e. The lowest BCUT2D eigenvalue weighted by atomic mass is 9.77. The van der Waals surface area contributed by atoms with Crippen LogP contribution in [0, 0.1) is 0 Å². The van der Waals surface area contributed by atoms with Crippen molar-refractivity contribution in [3.63, 3.8) is 0 Å². The molecule has 2 N–H and O–H groups in total. The molecular weight excluding hydrogens is 447 g/mol. The van der Waals surface area contributed by atoms with Crippen LogP contribution >= 0.6 is 23.2 Å². The molecule has 0 aliphatic heterocycles. The Morgan fingerprint density at radius 2 is 1.87 bits per heavy atom. The molecule has 0 unspecified atom stereocenters. The number of alkyl halides is 4. The lowest BCUT2D eigenvalue weighted by Crippen LogP contribution is -2.49. The van der Waals surface area contributed by atoms with E-state index in [2.05, 4.69) is 10.3 Å². The summed E-state index contributed by atoms with van der Waals surface area (Å²) < 4.78 is 52.8. The second kappa shape index (κ2) is 8.69. The number of hydrogen-bond acceptors (Lipinski definition) is 3. The Balaban J connectivity index is 1.97. The number of rotatable bonds is 4. The van der Waals surface area contributed by atoms with Crippen molar-refractivity contribution >= 4 is 29.1 Å². The van der Waals surface area contributed by atoms with Crippen LogP contribution in [-0.2, 0) is 6.18 Å². The van der Waals surface area contributed by atoms with Crippen molar-refractivity contribution in [1.29, 1.82) is 0 Å². The molecule has 1 amide bonds. The van der Waals surface area contributed by atoms with Crippen molar-refractivity contribution in [3.05, 3.63) is 63.4 Å². The number of aliphatic hydroxyl groups is 1. The minimum absolute atomic E-state index is 0.0314. The molecule has 4 nitrogen and oxygen atoms in total. The first-order chi connectivity index (χ1) is 14.0. The van der Waals surface area contributed by atoms with Gasteiger partial charge in [0.05, 0.1) is 27.4 Å². The van der Waals surface area contributed by atoms with Gasteiger partial charge in [-0.15, -0.1) is 0 Å². The van der Waals surface area contributed by atoms with E-state index in [1.165, 1.54) is 12.1 Å². The molecule has 1 aliphatic rings. The Labute approximate surface area is 180 Å². The van der Waals surface area contributed by atoms with E-state index in [-0.39, 0.29) is 41.6 Å². The smallest absolute Gasteiger partial charge is 0.387 e. The Morgan fingerprint density at radius 3 is 2.47 bits per heavy atom. The van der Waals surface area contributed by atoms with Crippen LogP contribution < -0.4 is 5.32 Å². The summed E-state index contributed by atoms with van der Waals surface area (Å²) in [5.41, 5.74) is -2.78. The topological polar surface area (TPSA) is 62.2 Å². The van der Waals surface area contributed by atoms with Gasteiger partial charge in [0.15, 0.2) is 0 Å². The molecule has 1 atom stereocenters. The van der Waals surface area contributed by atoms with Gasteiger partial charge in [-0.05, 0) is 56.0 Å². The number of halogens is 6. The molecule has 0 bridgehead atoms. The van der Waals surface area contributed by atoms with E-state index in [0.29, 0.717) is 6.07 Å². The van der Waals surface area contributed by atoms with Crippen LogP contribution in [0.5, 0.6) is 0 Å². The number of aromatic nitrogens is 1. The highest BCUT2D eigenvalue weighted by Crippen LogP contribution is 2.40. The summed E-state index contributed by atoms with van der Waals surface area (Å²) in [6.07, 6.45) is -5.52. The van der Waals surface area contributed by atoms with Crippen LogP contribution in [0.1, 0.15) is 53.3 Å². The van der Waals surface area contributed by atoms with E-state index < -0.39 is 41.0 Å². The first kappa shape index (κ1) is 22.8. The number of nitrogens with one attached hydrogen (secondary N) is 1. The lowest BCUT2D eigenvalue weighted by Gasteiger charge is -2.40. The number of nitrogens with zero attached hydrogens (tertiary/aromatic N) is 1. The molecule has 0 radical (unpaired) electrons. The second-order valence-corrected chi connectivity index (χ2v) is 8.06. The van der Waals surface area contributed by atoms with Crippen molar-refractivity contribution in [2.45, 2.75) is 49.7 Å². The van der Waals surface area contributed by atoms with Crippen LogP contribution in [0.2, 0.25) is 10.2 Å². The number of benzene rings is 1. The Kier molecular flexibility index (Phi) is 6.60. The number of amides is 1. The van der Waals surface area contributed by atoms with E-state index in [0.717, 1.165) is 12.1 Å². The molecule has 0 spiro atoms. The molecular formula is C20H18Cl2F4N2O2. The molecule has 1 heterocycles. The quantitative estimate of drug-likeness (QED) is 0.462. The van der Waals surface area contributed by atoms with Gasteiger partial charge in [-0.2, -0.15) is 13.2 Å². The predicted octanol–water partition coefficient (Wildman–Crippen LogP) is 5.52. The summed E-state index contributed by atoms with van der Waals surface area (Å²) in [6.45, 7) is 0. The summed E-state index contributed by atoms with van der Waals surface area (Å²) in [5.74, 6) is -0.923. The van der Waals surface area contributed by atoms with Crippen molar-refractivity contribution in [1.82, 2.24) is 10.3 Å². The van der Waals surface area contributed by atoms with Crippen LogP contribution in [0.25, 0.3) is 0 Å². The fraction of sp³-hybridized carbons (Fsp3) is 0.400. The van der Waals surface area contributed by atoms with Gasteiger partial charge in [0.1, 0.15) is 17.4 Å². The molecule has 3 rings (SSSR count). The van der Waals surface area contributed by atoms with Crippen LogP contribution in [-0.4, -0.2) is 27.8 Å². The Hall–Kier alpha value is -1.90. The third kappa shape index (κ3) is 5.04. The second-order valence-electron chi connectivity index (χ2n) is 7.26. The standard InChI is InChI=1S/C20H18Cl2F4N2O2/c21-14-5-4-11(20(24,25)26)10-13(14)18(29)28-17(15-2-1-3-16(22)27-15)19(30)8-6-12(23)7-9-19/h1-5,10,12,17,30H,6-9H2,(H,28,29)/t12?,17-,19?/m0/s1. The maximum Gasteiger partial charge on any atom is 0.416 e. The molecule has 162 valence electrons. The van der Waals surface area contributed by atoms with Gasteiger partial charge >= 0.3 is 6.18 Å². The molecule has 0 saturated heterocycles. The Bertz CT molecular complexity index is 931. The monoisotopic (exact) mass is 464 g/mol. The lowest BCUT2D eigenvalue weighted by molar-refractivity contribution is -0.137.